The molecule has 0 saturated heterocycles. The first-order valence-electron chi connectivity index (χ1n) is 6.45. The summed E-state index contributed by atoms with van der Waals surface area (Å²) >= 11 is 3.43. The molecule has 0 heterocycles. The van der Waals surface area contributed by atoms with Crippen LogP contribution in [0.1, 0.15) is 24.1 Å². The topological polar surface area (TPSA) is 41.5 Å². The molecule has 0 fully saturated rings. The molecule has 0 unspecified atom stereocenters. The Balaban J connectivity index is 2.02. The zero-order chi connectivity index (χ0) is 14.5. The molecule has 0 aliphatic rings. The predicted octanol–water partition coefficient (Wildman–Crippen LogP) is 4.01. The summed E-state index contributed by atoms with van der Waals surface area (Å²) in [6, 6.07) is 13.6. The Kier molecular flexibility index (Phi) is 5.04. The SMILES string of the molecule is COc1ccc(O)c(CN[C@H](C)c2ccc(Br)cc2)c1. The van der Waals surface area contributed by atoms with Crippen molar-refractivity contribution in [3.05, 3.63) is 58.1 Å². The van der Waals surface area contributed by atoms with Crippen LogP contribution in [0.2, 0.25) is 0 Å². The van der Waals surface area contributed by atoms with Gasteiger partial charge in [-0.1, -0.05) is 28.1 Å². The Labute approximate surface area is 127 Å². The molecule has 0 spiro atoms. The summed E-state index contributed by atoms with van der Waals surface area (Å²) in [7, 11) is 1.62. The zero-order valence-corrected chi connectivity index (χ0v) is 13.1. The molecule has 0 aliphatic heterocycles. The van der Waals surface area contributed by atoms with Crippen molar-refractivity contribution < 1.29 is 9.84 Å². The van der Waals surface area contributed by atoms with E-state index in [1.165, 1.54) is 5.56 Å². The molecular formula is C16H18BrNO2. The van der Waals surface area contributed by atoms with Crippen LogP contribution in [0.5, 0.6) is 11.5 Å². The maximum Gasteiger partial charge on any atom is 0.120 e. The number of methoxy groups -OCH3 is 1. The molecule has 0 aromatic heterocycles. The Bertz CT molecular complexity index is 569. The first kappa shape index (κ1) is 14.9. The molecule has 0 saturated carbocycles. The number of aromatic hydroxyl groups is 1. The number of rotatable bonds is 5. The maximum atomic E-state index is 9.85. The average molecular weight is 336 g/mol. The molecular weight excluding hydrogens is 318 g/mol. The van der Waals surface area contributed by atoms with Gasteiger partial charge in [0.15, 0.2) is 0 Å². The highest BCUT2D eigenvalue weighted by atomic mass is 79.9. The first-order chi connectivity index (χ1) is 9.60. The van der Waals surface area contributed by atoms with Crippen molar-refractivity contribution in [2.75, 3.05) is 7.11 Å². The normalized spacial score (nSPS) is 12.2. The smallest absolute Gasteiger partial charge is 0.120 e. The van der Waals surface area contributed by atoms with Crippen molar-refractivity contribution >= 4 is 15.9 Å². The van der Waals surface area contributed by atoms with E-state index in [0.29, 0.717) is 6.54 Å². The summed E-state index contributed by atoms with van der Waals surface area (Å²) in [6.45, 7) is 2.68. The van der Waals surface area contributed by atoms with Gasteiger partial charge in [-0.15, -0.1) is 0 Å². The second-order valence-electron chi connectivity index (χ2n) is 4.65. The van der Waals surface area contributed by atoms with E-state index in [1.807, 2.05) is 18.2 Å². The summed E-state index contributed by atoms with van der Waals surface area (Å²) in [6.07, 6.45) is 0. The molecule has 106 valence electrons. The van der Waals surface area contributed by atoms with E-state index in [-0.39, 0.29) is 11.8 Å². The highest BCUT2D eigenvalue weighted by Gasteiger charge is 2.07. The van der Waals surface area contributed by atoms with Gasteiger partial charge in [0.05, 0.1) is 7.11 Å². The van der Waals surface area contributed by atoms with Gasteiger partial charge in [0.2, 0.25) is 0 Å². The lowest BCUT2D eigenvalue weighted by Crippen LogP contribution is -2.18. The van der Waals surface area contributed by atoms with Crippen molar-refractivity contribution in [3.8, 4) is 11.5 Å². The fourth-order valence-electron chi connectivity index (χ4n) is 1.96. The quantitative estimate of drug-likeness (QED) is 0.867. The minimum atomic E-state index is 0.203. The van der Waals surface area contributed by atoms with Gasteiger partial charge in [0.1, 0.15) is 11.5 Å². The van der Waals surface area contributed by atoms with E-state index in [2.05, 4.69) is 40.3 Å². The van der Waals surface area contributed by atoms with Gasteiger partial charge in [0.25, 0.3) is 0 Å². The summed E-state index contributed by atoms with van der Waals surface area (Å²) in [5, 5.41) is 13.2. The van der Waals surface area contributed by atoms with Gasteiger partial charge in [-0.2, -0.15) is 0 Å². The van der Waals surface area contributed by atoms with Crippen LogP contribution in [0.15, 0.2) is 46.9 Å². The third-order valence-corrected chi connectivity index (χ3v) is 3.78. The third-order valence-electron chi connectivity index (χ3n) is 3.26. The fraction of sp³-hybridized carbons (Fsp3) is 0.250. The third kappa shape index (κ3) is 3.74. The summed E-state index contributed by atoms with van der Waals surface area (Å²) < 4.78 is 6.24. The van der Waals surface area contributed by atoms with Crippen LogP contribution in [-0.2, 0) is 6.54 Å². The van der Waals surface area contributed by atoms with Crippen LogP contribution >= 0.6 is 15.9 Å². The van der Waals surface area contributed by atoms with Crippen molar-refractivity contribution in [1.82, 2.24) is 5.32 Å². The second-order valence-corrected chi connectivity index (χ2v) is 5.56. The molecule has 1 atom stereocenters. The summed E-state index contributed by atoms with van der Waals surface area (Å²) in [5.74, 6) is 1.03. The molecule has 2 N–H and O–H groups in total. The van der Waals surface area contributed by atoms with Gasteiger partial charge in [-0.3, -0.25) is 0 Å². The van der Waals surface area contributed by atoms with E-state index in [4.69, 9.17) is 4.74 Å². The van der Waals surface area contributed by atoms with Gasteiger partial charge >= 0.3 is 0 Å². The van der Waals surface area contributed by atoms with Gasteiger partial charge in [-0.05, 0) is 42.8 Å². The number of hydrogen-bond donors (Lipinski definition) is 2. The van der Waals surface area contributed by atoms with Crippen molar-refractivity contribution in [3.63, 3.8) is 0 Å². The van der Waals surface area contributed by atoms with E-state index < -0.39 is 0 Å². The Morgan fingerprint density at radius 2 is 1.90 bits per heavy atom. The van der Waals surface area contributed by atoms with Crippen LogP contribution in [0.25, 0.3) is 0 Å². The minimum absolute atomic E-state index is 0.203. The number of halogens is 1. The van der Waals surface area contributed by atoms with Crippen molar-refractivity contribution in [2.24, 2.45) is 0 Å². The largest absolute Gasteiger partial charge is 0.508 e. The number of hydrogen-bond acceptors (Lipinski definition) is 3. The average Bonchev–Trinajstić information content (AvgIpc) is 2.47. The molecule has 2 rings (SSSR count). The van der Waals surface area contributed by atoms with Gasteiger partial charge in [-0.25, -0.2) is 0 Å². The van der Waals surface area contributed by atoms with Crippen LogP contribution in [0.3, 0.4) is 0 Å². The summed E-state index contributed by atoms with van der Waals surface area (Å²) in [5.41, 5.74) is 2.03. The van der Waals surface area contributed by atoms with E-state index in [0.717, 1.165) is 15.8 Å². The minimum Gasteiger partial charge on any atom is -0.508 e. The van der Waals surface area contributed by atoms with Crippen LogP contribution in [0, 0.1) is 0 Å². The van der Waals surface area contributed by atoms with Crippen molar-refractivity contribution in [2.45, 2.75) is 19.5 Å². The van der Waals surface area contributed by atoms with Crippen molar-refractivity contribution in [1.29, 1.82) is 0 Å². The lowest BCUT2D eigenvalue weighted by Gasteiger charge is -2.15. The molecule has 0 bridgehead atoms. The van der Waals surface area contributed by atoms with Crippen LogP contribution in [0.4, 0.5) is 0 Å². The lowest BCUT2D eigenvalue weighted by atomic mass is 10.1. The Hall–Kier alpha value is -1.52. The molecule has 2 aromatic carbocycles. The van der Waals surface area contributed by atoms with Gasteiger partial charge in [0, 0.05) is 22.6 Å². The predicted molar refractivity (Wildman–Crippen MR) is 84.1 cm³/mol. The van der Waals surface area contributed by atoms with Crippen LogP contribution < -0.4 is 10.1 Å². The first-order valence-corrected chi connectivity index (χ1v) is 7.24. The Morgan fingerprint density at radius 1 is 1.20 bits per heavy atom. The standard InChI is InChI=1S/C16H18BrNO2/c1-11(12-3-5-14(17)6-4-12)18-10-13-9-15(20-2)7-8-16(13)19/h3-9,11,18-19H,10H2,1-2H3/t11-/m1/s1. The second kappa shape index (κ2) is 6.77. The van der Waals surface area contributed by atoms with Gasteiger partial charge < -0.3 is 15.2 Å². The molecule has 20 heavy (non-hydrogen) atoms. The van der Waals surface area contributed by atoms with E-state index in [1.54, 1.807) is 19.2 Å². The number of phenolic OH excluding ortho intramolecular Hbond substituents is 1. The fourth-order valence-corrected chi connectivity index (χ4v) is 2.23. The van der Waals surface area contributed by atoms with E-state index in [9.17, 15) is 5.11 Å². The molecule has 2 aromatic rings. The van der Waals surface area contributed by atoms with Crippen LogP contribution in [-0.4, -0.2) is 12.2 Å². The molecule has 0 amide bonds. The highest BCUT2D eigenvalue weighted by molar-refractivity contribution is 9.10. The molecule has 3 nitrogen and oxygen atoms in total. The molecule has 0 radical (unpaired) electrons. The molecule has 0 aliphatic carbocycles. The number of phenols is 1. The monoisotopic (exact) mass is 335 g/mol. The number of ether oxygens (including phenoxy) is 1. The van der Waals surface area contributed by atoms with E-state index >= 15 is 0 Å². The summed E-state index contributed by atoms with van der Waals surface area (Å²) in [4.78, 5) is 0. The Morgan fingerprint density at radius 3 is 2.55 bits per heavy atom. The number of benzene rings is 2. The highest BCUT2D eigenvalue weighted by Crippen LogP contribution is 2.24. The zero-order valence-electron chi connectivity index (χ0n) is 11.6. The molecule has 4 heteroatoms. The number of nitrogens with one attached hydrogen (secondary N) is 1. The lowest BCUT2D eigenvalue weighted by molar-refractivity contribution is 0.409. The maximum absolute atomic E-state index is 9.85.